The molecule has 0 amide bonds. The largest absolute Gasteiger partial charge is 0.493 e. The fourth-order valence-electron chi connectivity index (χ4n) is 3.79. The predicted molar refractivity (Wildman–Crippen MR) is 78.5 cm³/mol. The molecule has 0 saturated carbocycles. The van der Waals surface area contributed by atoms with Crippen molar-refractivity contribution < 1.29 is 4.74 Å². The first-order valence-electron chi connectivity index (χ1n) is 7.17. The third-order valence-corrected chi connectivity index (χ3v) is 5.14. The Labute approximate surface area is 122 Å². The van der Waals surface area contributed by atoms with E-state index in [1.54, 1.807) is 0 Å². The highest BCUT2D eigenvalue weighted by Crippen LogP contribution is 2.35. The molecule has 4 rings (SSSR count). The maximum Gasteiger partial charge on any atom is 0.127 e. The van der Waals surface area contributed by atoms with Crippen molar-refractivity contribution in [1.82, 2.24) is 10.2 Å². The van der Waals surface area contributed by atoms with Gasteiger partial charge in [0.1, 0.15) is 5.75 Å². The molecule has 19 heavy (non-hydrogen) atoms. The van der Waals surface area contributed by atoms with Crippen LogP contribution in [0, 0.1) is 11.8 Å². The summed E-state index contributed by atoms with van der Waals surface area (Å²) in [5.41, 5.74) is 2.72. The van der Waals surface area contributed by atoms with Crippen LogP contribution in [0.5, 0.6) is 5.75 Å². The van der Waals surface area contributed by atoms with E-state index in [-0.39, 0.29) is 0 Å². The van der Waals surface area contributed by atoms with Crippen LogP contribution in [0.4, 0.5) is 0 Å². The molecule has 2 fully saturated rings. The van der Waals surface area contributed by atoms with Crippen LogP contribution in [0.15, 0.2) is 16.6 Å². The summed E-state index contributed by atoms with van der Waals surface area (Å²) in [7, 11) is 0. The van der Waals surface area contributed by atoms with Gasteiger partial charge < -0.3 is 10.1 Å². The van der Waals surface area contributed by atoms with Gasteiger partial charge in [0.25, 0.3) is 0 Å². The minimum absolute atomic E-state index is 0.841. The van der Waals surface area contributed by atoms with Gasteiger partial charge in [-0.1, -0.05) is 15.9 Å². The molecule has 0 aliphatic carbocycles. The highest BCUT2D eigenvalue weighted by Gasteiger charge is 2.36. The maximum atomic E-state index is 5.83. The zero-order chi connectivity index (χ0) is 12.8. The zero-order valence-electron chi connectivity index (χ0n) is 11.0. The number of fused-ring (bicyclic) bond motifs is 2. The molecule has 1 aromatic rings. The van der Waals surface area contributed by atoms with Gasteiger partial charge in [-0.2, -0.15) is 0 Å². The molecule has 1 aromatic carbocycles. The van der Waals surface area contributed by atoms with Gasteiger partial charge in [0.05, 0.1) is 6.61 Å². The van der Waals surface area contributed by atoms with E-state index in [2.05, 4.69) is 38.3 Å². The summed E-state index contributed by atoms with van der Waals surface area (Å²) in [4.78, 5) is 2.60. The van der Waals surface area contributed by atoms with Crippen LogP contribution in [0.3, 0.4) is 0 Å². The lowest BCUT2D eigenvalue weighted by molar-refractivity contribution is 0.294. The molecular weight excluding hydrogens is 304 g/mol. The van der Waals surface area contributed by atoms with Crippen molar-refractivity contribution in [3.8, 4) is 5.75 Å². The van der Waals surface area contributed by atoms with Crippen LogP contribution in [-0.2, 0) is 13.0 Å². The summed E-state index contributed by atoms with van der Waals surface area (Å²) in [6, 6.07) is 4.44. The van der Waals surface area contributed by atoms with Gasteiger partial charge in [-0.15, -0.1) is 0 Å². The lowest BCUT2D eigenvalue weighted by atomic mass is 10.0. The number of rotatable bonds is 2. The van der Waals surface area contributed by atoms with E-state index in [9.17, 15) is 0 Å². The van der Waals surface area contributed by atoms with Gasteiger partial charge in [-0.25, -0.2) is 0 Å². The van der Waals surface area contributed by atoms with Crippen LogP contribution in [0.1, 0.15) is 11.1 Å². The zero-order valence-corrected chi connectivity index (χ0v) is 12.6. The molecule has 4 heteroatoms. The summed E-state index contributed by atoms with van der Waals surface area (Å²) in [6.07, 6.45) is 1.05. The number of nitrogens with one attached hydrogen (secondary N) is 1. The second kappa shape index (κ2) is 4.76. The normalized spacial score (nSPS) is 29.3. The quantitative estimate of drug-likeness (QED) is 0.901. The Kier molecular flexibility index (Phi) is 3.05. The van der Waals surface area contributed by atoms with Crippen LogP contribution in [0.2, 0.25) is 0 Å². The molecule has 2 atom stereocenters. The molecule has 0 unspecified atom stereocenters. The monoisotopic (exact) mass is 322 g/mol. The van der Waals surface area contributed by atoms with Crippen molar-refractivity contribution in [2.24, 2.45) is 11.8 Å². The molecule has 0 bridgehead atoms. The van der Waals surface area contributed by atoms with Crippen LogP contribution in [0.25, 0.3) is 0 Å². The van der Waals surface area contributed by atoms with E-state index in [1.807, 2.05) is 0 Å². The van der Waals surface area contributed by atoms with Crippen LogP contribution in [-0.4, -0.2) is 37.7 Å². The first-order chi connectivity index (χ1) is 9.29. The summed E-state index contributed by atoms with van der Waals surface area (Å²) >= 11 is 3.63. The number of halogens is 1. The Bertz CT molecular complexity index is 493. The topological polar surface area (TPSA) is 24.5 Å². The predicted octanol–water partition coefficient (Wildman–Crippen LogP) is 2.04. The molecule has 3 aliphatic heterocycles. The van der Waals surface area contributed by atoms with Crippen LogP contribution < -0.4 is 10.1 Å². The standard InChI is InChI=1S/C15H19BrN2O/c16-14-3-10-1-2-19-15(10)11(4-14)7-18-8-12-5-17-6-13(12)9-18/h3-4,12-13,17H,1-2,5-9H2/t12-,13+. The van der Waals surface area contributed by atoms with Gasteiger partial charge in [-0.05, 0) is 42.6 Å². The van der Waals surface area contributed by atoms with E-state index in [0.717, 1.165) is 37.2 Å². The van der Waals surface area contributed by atoms with Crippen molar-refractivity contribution >= 4 is 15.9 Å². The van der Waals surface area contributed by atoms with E-state index < -0.39 is 0 Å². The highest BCUT2D eigenvalue weighted by atomic mass is 79.9. The Morgan fingerprint density at radius 3 is 2.84 bits per heavy atom. The molecule has 3 nitrogen and oxygen atoms in total. The first kappa shape index (κ1) is 12.2. The molecular formula is C15H19BrN2O. The van der Waals surface area contributed by atoms with Crippen molar-refractivity contribution in [3.05, 3.63) is 27.7 Å². The maximum absolute atomic E-state index is 5.83. The van der Waals surface area contributed by atoms with E-state index in [1.165, 1.54) is 41.8 Å². The number of hydrogen-bond donors (Lipinski definition) is 1. The molecule has 0 radical (unpaired) electrons. The smallest absolute Gasteiger partial charge is 0.127 e. The Morgan fingerprint density at radius 2 is 2.05 bits per heavy atom. The molecule has 1 N–H and O–H groups in total. The number of ether oxygens (including phenoxy) is 1. The minimum atomic E-state index is 0.841. The summed E-state index contributed by atoms with van der Waals surface area (Å²) < 4.78 is 7.02. The van der Waals surface area contributed by atoms with Gasteiger partial charge >= 0.3 is 0 Å². The Hall–Kier alpha value is -0.580. The van der Waals surface area contributed by atoms with Gasteiger partial charge in [0, 0.05) is 36.1 Å². The highest BCUT2D eigenvalue weighted by molar-refractivity contribution is 9.10. The lowest BCUT2D eigenvalue weighted by Gasteiger charge is -2.19. The fourth-order valence-corrected chi connectivity index (χ4v) is 4.34. The Balaban J connectivity index is 1.54. The first-order valence-corrected chi connectivity index (χ1v) is 7.96. The molecule has 3 heterocycles. The Morgan fingerprint density at radius 1 is 1.26 bits per heavy atom. The minimum Gasteiger partial charge on any atom is -0.493 e. The average molecular weight is 323 g/mol. The van der Waals surface area contributed by atoms with E-state index >= 15 is 0 Å². The summed E-state index contributed by atoms with van der Waals surface area (Å²) in [5, 5.41) is 3.50. The number of hydrogen-bond acceptors (Lipinski definition) is 3. The third-order valence-electron chi connectivity index (χ3n) is 4.68. The molecule has 102 valence electrons. The van der Waals surface area contributed by atoms with Crippen LogP contribution >= 0.6 is 15.9 Å². The second-order valence-electron chi connectivity index (χ2n) is 6.02. The van der Waals surface area contributed by atoms with Crippen molar-refractivity contribution in [3.63, 3.8) is 0 Å². The second-order valence-corrected chi connectivity index (χ2v) is 6.94. The number of benzene rings is 1. The molecule has 2 saturated heterocycles. The summed E-state index contributed by atoms with van der Waals surface area (Å²) in [5.74, 6) is 2.88. The molecule has 3 aliphatic rings. The molecule has 0 spiro atoms. The van der Waals surface area contributed by atoms with Crippen molar-refractivity contribution in [2.45, 2.75) is 13.0 Å². The average Bonchev–Trinajstić information content (AvgIpc) is 3.02. The molecule has 0 aromatic heterocycles. The van der Waals surface area contributed by atoms with Gasteiger partial charge in [0.2, 0.25) is 0 Å². The lowest BCUT2D eigenvalue weighted by Crippen LogP contribution is -2.25. The van der Waals surface area contributed by atoms with Gasteiger partial charge in [-0.3, -0.25) is 4.90 Å². The number of likely N-dealkylation sites (tertiary alicyclic amines) is 1. The van der Waals surface area contributed by atoms with Crippen molar-refractivity contribution in [2.75, 3.05) is 32.8 Å². The third kappa shape index (κ3) is 2.20. The van der Waals surface area contributed by atoms with Crippen molar-refractivity contribution in [1.29, 1.82) is 0 Å². The van der Waals surface area contributed by atoms with E-state index in [0.29, 0.717) is 0 Å². The SMILES string of the molecule is Brc1cc2c(c(CN3C[C@H]4CNC[C@H]4C3)c1)OCC2. The summed E-state index contributed by atoms with van der Waals surface area (Å²) in [6.45, 7) is 6.75. The fraction of sp³-hybridized carbons (Fsp3) is 0.600. The van der Waals surface area contributed by atoms with Gasteiger partial charge in [0.15, 0.2) is 0 Å². The van der Waals surface area contributed by atoms with E-state index in [4.69, 9.17) is 4.74 Å². The number of nitrogens with zero attached hydrogens (tertiary/aromatic N) is 1.